The summed E-state index contributed by atoms with van der Waals surface area (Å²) in [5.41, 5.74) is 3.28. The predicted octanol–water partition coefficient (Wildman–Crippen LogP) is 3.59. The third-order valence-electron chi connectivity index (χ3n) is 3.45. The number of hydrogen-bond donors (Lipinski definition) is 1. The maximum atomic E-state index is 11.0. The first-order valence-electron chi connectivity index (χ1n) is 6.62. The molecule has 0 atom stereocenters. The minimum absolute atomic E-state index is 0.146. The largest absolute Gasteiger partial charge is 0.496 e. The van der Waals surface area contributed by atoms with Crippen LogP contribution in [-0.2, 0) is 6.61 Å². The second kappa shape index (κ2) is 6.31. The van der Waals surface area contributed by atoms with E-state index >= 15 is 0 Å². The Bertz CT molecular complexity index is 662. The molecule has 0 spiro atoms. The van der Waals surface area contributed by atoms with Crippen molar-refractivity contribution in [3.8, 4) is 11.5 Å². The molecule has 0 aromatic heterocycles. The molecular formula is C17H18O4. The van der Waals surface area contributed by atoms with Gasteiger partial charge in [0, 0.05) is 0 Å². The van der Waals surface area contributed by atoms with Gasteiger partial charge in [0.25, 0.3) is 0 Å². The van der Waals surface area contributed by atoms with Gasteiger partial charge in [0.2, 0.25) is 0 Å². The molecule has 2 aromatic carbocycles. The van der Waals surface area contributed by atoms with E-state index < -0.39 is 5.97 Å². The zero-order chi connectivity index (χ0) is 15.4. The molecule has 4 heteroatoms. The van der Waals surface area contributed by atoms with Crippen LogP contribution in [0.5, 0.6) is 11.5 Å². The fourth-order valence-corrected chi connectivity index (χ4v) is 2.04. The van der Waals surface area contributed by atoms with Gasteiger partial charge in [-0.05, 0) is 48.7 Å². The summed E-state index contributed by atoms with van der Waals surface area (Å²) < 4.78 is 10.9. The van der Waals surface area contributed by atoms with Gasteiger partial charge in [-0.2, -0.15) is 0 Å². The number of carboxylic acids is 1. The number of methoxy groups -OCH3 is 1. The topological polar surface area (TPSA) is 55.8 Å². The van der Waals surface area contributed by atoms with Crippen LogP contribution in [0.2, 0.25) is 0 Å². The van der Waals surface area contributed by atoms with Crippen LogP contribution in [0, 0.1) is 13.8 Å². The number of carboxylic acid groups (broad SMARTS) is 1. The number of aryl methyl sites for hydroxylation is 1. The molecule has 4 nitrogen and oxygen atoms in total. The van der Waals surface area contributed by atoms with E-state index in [4.69, 9.17) is 14.6 Å². The maximum absolute atomic E-state index is 11.0. The van der Waals surface area contributed by atoms with Crippen molar-refractivity contribution in [2.75, 3.05) is 7.11 Å². The van der Waals surface area contributed by atoms with Crippen LogP contribution in [0.4, 0.5) is 0 Å². The Hall–Kier alpha value is -2.49. The van der Waals surface area contributed by atoms with Crippen molar-refractivity contribution in [1.82, 2.24) is 0 Å². The summed E-state index contributed by atoms with van der Waals surface area (Å²) in [7, 11) is 1.46. The summed E-state index contributed by atoms with van der Waals surface area (Å²) in [4.78, 5) is 11.0. The van der Waals surface area contributed by atoms with Gasteiger partial charge in [0.1, 0.15) is 23.7 Å². The normalized spacial score (nSPS) is 10.2. The minimum atomic E-state index is -1.01. The molecule has 0 saturated heterocycles. The molecule has 0 bridgehead atoms. The first kappa shape index (κ1) is 14.9. The van der Waals surface area contributed by atoms with Gasteiger partial charge in [-0.1, -0.05) is 18.2 Å². The van der Waals surface area contributed by atoms with E-state index in [1.165, 1.54) is 18.7 Å². The molecule has 0 fully saturated rings. The Morgan fingerprint density at radius 1 is 1.14 bits per heavy atom. The zero-order valence-corrected chi connectivity index (χ0v) is 12.3. The summed E-state index contributed by atoms with van der Waals surface area (Å²) in [6.45, 7) is 4.41. The van der Waals surface area contributed by atoms with Gasteiger partial charge in [-0.15, -0.1) is 0 Å². The number of carbonyl (C=O) groups is 1. The summed E-state index contributed by atoms with van der Waals surface area (Å²) in [6.07, 6.45) is 0. The van der Waals surface area contributed by atoms with Crippen molar-refractivity contribution < 1.29 is 19.4 Å². The number of benzene rings is 2. The molecule has 0 heterocycles. The number of aromatic carboxylic acids is 1. The molecule has 2 rings (SSSR count). The van der Waals surface area contributed by atoms with E-state index in [-0.39, 0.29) is 5.56 Å². The van der Waals surface area contributed by atoms with Gasteiger partial charge in [0.15, 0.2) is 0 Å². The first-order chi connectivity index (χ1) is 10.0. The van der Waals surface area contributed by atoms with Crippen molar-refractivity contribution in [2.24, 2.45) is 0 Å². The standard InChI is InChI=1S/C17H18O4/c1-11-5-4-6-15(12(11)2)21-10-13-7-8-14(17(18)19)16(9-13)20-3/h4-9H,10H2,1-3H3,(H,18,19). The van der Waals surface area contributed by atoms with Crippen LogP contribution in [0.25, 0.3) is 0 Å². The molecule has 0 radical (unpaired) electrons. The van der Waals surface area contributed by atoms with Gasteiger partial charge < -0.3 is 14.6 Å². The average molecular weight is 286 g/mol. The summed E-state index contributed by atoms with van der Waals surface area (Å²) in [5, 5.41) is 9.05. The van der Waals surface area contributed by atoms with E-state index in [1.54, 1.807) is 12.1 Å². The molecular weight excluding hydrogens is 268 g/mol. The quantitative estimate of drug-likeness (QED) is 0.912. The second-order valence-corrected chi connectivity index (χ2v) is 4.83. The Labute approximate surface area is 123 Å². The molecule has 110 valence electrons. The Morgan fingerprint density at radius 3 is 2.57 bits per heavy atom. The lowest BCUT2D eigenvalue weighted by Crippen LogP contribution is -2.03. The van der Waals surface area contributed by atoms with Gasteiger partial charge in [0.05, 0.1) is 7.11 Å². The molecule has 0 aliphatic carbocycles. The summed E-state index contributed by atoms with van der Waals surface area (Å²) in [6, 6.07) is 10.9. The van der Waals surface area contributed by atoms with Crippen LogP contribution in [0.15, 0.2) is 36.4 Å². The molecule has 0 saturated carbocycles. The minimum Gasteiger partial charge on any atom is -0.496 e. The van der Waals surface area contributed by atoms with Crippen molar-refractivity contribution in [2.45, 2.75) is 20.5 Å². The van der Waals surface area contributed by atoms with Crippen LogP contribution in [0.1, 0.15) is 27.0 Å². The summed E-state index contributed by atoms with van der Waals surface area (Å²) >= 11 is 0. The highest BCUT2D eigenvalue weighted by Gasteiger charge is 2.11. The lowest BCUT2D eigenvalue weighted by molar-refractivity contribution is 0.0693. The lowest BCUT2D eigenvalue weighted by atomic mass is 10.1. The number of hydrogen-bond acceptors (Lipinski definition) is 3. The highest BCUT2D eigenvalue weighted by atomic mass is 16.5. The highest BCUT2D eigenvalue weighted by molar-refractivity contribution is 5.90. The molecule has 0 unspecified atom stereocenters. The number of rotatable bonds is 5. The molecule has 2 aromatic rings. The van der Waals surface area contributed by atoms with E-state index in [0.29, 0.717) is 12.4 Å². The average Bonchev–Trinajstić information content (AvgIpc) is 2.48. The Morgan fingerprint density at radius 2 is 1.90 bits per heavy atom. The molecule has 0 amide bonds. The third-order valence-corrected chi connectivity index (χ3v) is 3.45. The van der Waals surface area contributed by atoms with E-state index in [2.05, 4.69) is 0 Å². The van der Waals surface area contributed by atoms with E-state index in [1.807, 2.05) is 32.0 Å². The predicted molar refractivity (Wildman–Crippen MR) is 80.2 cm³/mol. The highest BCUT2D eigenvalue weighted by Crippen LogP contribution is 2.24. The van der Waals surface area contributed by atoms with Gasteiger partial charge >= 0.3 is 5.97 Å². The third kappa shape index (κ3) is 3.34. The molecule has 21 heavy (non-hydrogen) atoms. The summed E-state index contributed by atoms with van der Waals surface area (Å²) in [5.74, 6) is 0.162. The van der Waals surface area contributed by atoms with Crippen LogP contribution in [0.3, 0.4) is 0 Å². The van der Waals surface area contributed by atoms with Crippen molar-refractivity contribution in [3.63, 3.8) is 0 Å². The molecule has 0 aliphatic rings. The zero-order valence-electron chi connectivity index (χ0n) is 12.3. The van der Waals surface area contributed by atoms with E-state index in [0.717, 1.165) is 16.9 Å². The maximum Gasteiger partial charge on any atom is 0.339 e. The van der Waals surface area contributed by atoms with Gasteiger partial charge in [-0.3, -0.25) is 0 Å². The SMILES string of the molecule is COc1cc(COc2cccc(C)c2C)ccc1C(=O)O. The molecule has 0 aliphatic heterocycles. The van der Waals surface area contributed by atoms with Crippen molar-refractivity contribution in [3.05, 3.63) is 58.7 Å². The monoisotopic (exact) mass is 286 g/mol. The van der Waals surface area contributed by atoms with Crippen LogP contribution < -0.4 is 9.47 Å². The Balaban J connectivity index is 2.17. The number of ether oxygens (including phenoxy) is 2. The first-order valence-corrected chi connectivity index (χ1v) is 6.62. The van der Waals surface area contributed by atoms with Gasteiger partial charge in [-0.25, -0.2) is 4.79 Å². The van der Waals surface area contributed by atoms with Crippen molar-refractivity contribution >= 4 is 5.97 Å². The fraction of sp³-hybridized carbons (Fsp3) is 0.235. The van der Waals surface area contributed by atoms with Crippen molar-refractivity contribution in [1.29, 1.82) is 0 Å². The van der Waals surface area contributed by atoms with Crippen LogP contribution in [-0.4, -0.2) is 18.2 Å². The van der Waals surface area contributed by atoms with Crippen LogP contribution >= 0.6 is 0 Å². The van der Waals surface area contributed by atoms with E-state index in [9.17, 15) is 4.79 Å². The lowest BCUT2D eigenvalue weighted by Gasteiger charge is -2.12. The Kier molecular flexibility index (Phi) is 4.48. The smallest absolute Gasteiger partial charge is 0.339 e. The fourth-order valence-electron chi connectivity index (χ4n) is 2.04. The molecule has 1 N–H and O–H groups in total. The second-order valence-electron chi connectivity index (χ2n) is 4.83.